The molecule has 0 radical (unpaired) electrons. The van der Waals surface area contributed by atoms with E-state index in [-0.39, 0.29) is 17.6 Å². The Balaban J connectivity index is 1.43. The van der Waals surface area contributed by atoms with Crippen molar-refractivity contribution < 1.29 is 13.9 Å². The van der Waals surface area contributed by atoms with Gasteiger partial charge in [0.1, 0.15) is 11.6 Å². The maximum Gasteiger partial charge on any atom is 0.344 e. The summed E-state index contributed by atoms with van der Waals surface area (Å²) in [4.78, 5) is 11.8. The van der Waals surface area contributed by atoms with E-state index in [9.17, 15) is 9.18 Å². The number of H-pyrrole nitrogens is 1. The van der Waals surface area contributed by atoms with Gasteiger partial charge in [0.05, 0.1) is 19.3 Å². The van der Waals surface area contributed by atoms with Gasteiger partial charge in [-0.2, -0.15) is 0 Å². The zero-order valence-electron chi connectivity index (χ0n) is 13.2. The van der Waals surface area contributed by atoms with Crippen LogP contribution in [0.3, 0.4) is 0 Å². The molecule has 1 aromatic carbocycles. The maximum absolute atomic E-state index is 12.8. The van der Waals surface area contributed by atoms with Crippen LogP contribution in [-0.4, -0.2) is 39.8 Å². The summed E-state index contributed by atoms with van der Waals surface area (Å²) in [6, 6.07) is 5.96. The van der Waals surface area contributed by atoms with Gasteiger partial charge in [-0.15, -0.1) is 5.10 Å². The zero-order valence-corrected chi connectivity index (χ0v) is 14.1. The lowest BCUT2D eigenvalue weighted by Crippen LogP contribution is -2.25. The lowest BCUT2D eigenvalue weighted by molar-refractivity contribution is 0.0941. The average Bonchev–Trinajstić information content (AvgIpc) is 3.21. The number of nitrogens with zero attached hydrogens (tertiary/aromatic N) is 2. The van der Waals surface area contributed by atoms with E-state index in [1.54, 1.807) is 16.7 Å². The van der Waals surface area contributed by atoms with Crippen molar-refractivity contribution in [3.63, 3.8) is 0 Å². The molecule has 2 heterocycles. The van der Waals surface area contributed by atoms with E-state index in [1.807, 2.05) is 0 Å². The molecule has 1 saturated heterocycles. The number of benzene rings is 1. The summed E-state index contributed by atoms with van der Waals surface area (Å²) in [5.41, 5.74) is -0.199. The molecule has 1 aliphatic rings. The van der Waals surface area contributed by atoms with Crippen molar-refractivity contribution in [2.24, 2.45) is 0 Å². The fourth-order valence-electron chi connectivity index (χ4n) is 2.51. The Bertz CT molecular complexity index is 695. The van der Waals surface area contributed by atoms with E-state index in [2.05, 4.69) is 10.2 Å². The van der Waals surface area contributed by atoms with Crippen molar-refractivity contribution in [2.45, 2.75) is 37.1 Å². The molecule has 1 aromatic heterocycles. The van der Waals surface area contributed by atoms with Gasteiger partial charge < -0.3 is 9.47 Å². The quantitative estimate of drug-likeness (QED) is 0.583. The predicted octanol–water partition coefficient (Wildman–Crippen LogP) is 2.45. The van der Waals surface area contributed by atoms with Gasteiger partial charge >= 0.3 is 5.69 Å². The van der Waals surface area contributed by atoms with Crippen LogP contribution in [0.25, 0.3) is 0 Å². The molecule has 0 aliphatic carbocycles. The molecule has 8 heteroatoms. The van der Waals surface area contributed by atoms with Crippen molar-refractivity contribution in [1.29, 1.82) is 0 Å². The number of halogens is 1. The van der Waals surface area contributed by atoms with Crippen LogP contribution >= 0.6 is 11.8 Å². The van der Waals surface area contributed by atoms with Crippen molar-refractivity contribution >= 4 is 11.8 Å². The molecule has 1 N–H and O–H groups in total. The average molecular weight is 353 g/mol. The molecule has 0 bridgehead atoms. The van der Waals surface area contributed by atoms with E-state index in [4.69, 9.17) is 9.47 Å². The number of hydrogen-bond acceptors (Lipinski definition) is 5. The molecular weight excluding hydrogens is 333 g/mol. The Morgan fingerprint density at radius 2 is 2.25 bits per heavy atom. The van der Waals surface area contributed by atoms with Crippen molar-refractivity contribution in [2.75, 3.05) is 19.0 Å². The summed E-state index contributed by atoms with van der Waals surface area (Å²) >= 11 is 1.51. The smallest absolute Gasteiger partial charge is 0.344 e. The Morgan fingerprint density at radius 1 is 1.42 bits per heavy atom. The van der Waals surface area contributed by atoms with Crippen LogP contribution in [0, 0.1) is 5.82 Å². The molecule has 1 aliphatic heterocycles. The first-order valence-electron chi connectivity index (χ1n) is 8.00. The highest BCUT2D eigenvalue weighted by Gasteiger charge is 2.19. The Kier molecular flexibility index (Phi) is 5.92. The second-order valence-electron chi connectivity index (χ2n) is 5.56. The van der Waals surface area contributed by atoms with Crippen LogP contribution in [0.15, 0.2) is 34.2 Å². The van der Waals surface area contributed by atoms with Crippen LogP contribution in [0.2, 0.25) is 0 Å². The molecule has 2 aromatic rings. The number of aromatic nitrogens is 3. The molecule has 0 saturated carbocycles. The largest absolute Gasteiger partial charge is 0.494 e. The molecule has 1 atom stereocenters. The molecule has 24 heavy (non-hydrogen) atoms. The Hall–Kier alpha value is -1.80. The number of hydrogen-bond donors (Lipinski definition) is 1. The van der Waals surface area contributed by atoms with Crippen molar-refractivity contribution in [3.05, 3.63) is 40.6 Å². The predicted molar refractivity (Wildman–Crippen MR) is 89.1 cm³/mol. The molecule has 0 unspecified atom stereocenters. The van der Waals surface area contributed by atoms with Crippen molar-refractivity contribution in [1.82, 2.24) is 14.8 Å². The van der Waals surface area contributed by atoms with E-state index in [1.165, 1.54) is 23.9 Å². The fourth-order valence-corrected chi connectivity index (χ4v) is 3.38. The van der Waals surface area contributed by atoms with Crippen LogP contribution in [0.4, 0.5) is 4.39 Å². The van der Waals surface area contributed by atoms with E-state index < -0.39 is 0 Å². The van der Waals surface area contributed by atoms with Gasteiger partial charge in [-0.05, 0) is 43.5 Å². The van der Waals surface area contributed by atoms with Crippen LogP contribution in [0.5, 0.6) is 5.75 Å². The standard InChI is InChI=1S/C16H20FN3O3S/c17-12-4-6-13(7-5-12)22-9-2-10-24-16-19-18-15(21)20(16)11-14-3-1-8-23-14/h4-7,14H,1-3,8-11H2,(H,18,21)/t14-/m1/s1. The summed E-state index contributed by atoms with van der Waals surface area (Å²) in [6.45, 7) is 1.84. The lowest BCUT2D eigenvalue weighted by Gasteiger charge is -2.11. The van der Waals surface area contributed by atoms with Gasteiger partial charge in [0.25, 0.3) is 0 Å². The number of nitrogens with one attached hydrogen (secondary N) is 1. The summed E-state index contributed by atoms with van der Waals surface area (Å²) in [6.07, 6.45) is 2.91. The van der Waals surface area contributed by atoms with Crippen LogP contribution < -0.4 is 10.4 Å². The Morgan fingerprint density at radius 3 is 3.00 bits per heavy atom. The monoisotopic (exact) mass is 353 g/mol. The summed E-state index contributed by atoms with van der Waals surface area (Å²) in [5.74, 6) is 1.15. The topological polar surface area (TPSA) is 69.1 Å². The van der Waals surface area contributed by atoms with Gasteiger partial charge in [0.15, 0.2) is 5.16 Å². The molecule has 1 fully saturated rings. The van der Waals surface area contributed by atoms with Gasteiger partial charge in [0, 0.05) is 12.4 Å². The first-order chi connectivity index (χ1) is 11.7. The molecule has 0 amide bonds. The lowest BCUT2D eigenvalue weighted by atomic mass is 10.2. The minimum Gasteiger partial charge on any atom is -0.494 e. The molecule has 6 nitrogen and oxygen atoms in total. The number of rotatable bonds is 8. The second kappa shape index (κ2) is 8.34. The Labute approximate surface area is 143 Å². The number of thioether (sulfide) groups is 1. The molecule has 0 spiro atoms. The van der Waals surface area contributed by atoms with Crippen LogP contribution in [-0.2, 0) is 11.3 Å². The van der Waals surface area contributed by atoms with Crippen LogP contribution in [0.1, 0.15) is 19.3 Å². The summed E-state index contributed by atoms with van der Waals surface area (Å²) in [7, 11) is 0. The molecule has 3 rings (SSSR count). The highest BCUT2D eigenvalue weighted by Crippen LogP contribution is 2.19. The third-order valence-electron chi connectivity index (χ3n) is 3.74. The number of ether oxygens (including phenoxy) is 2. The normalized spacial score (nSPS) is 17.3. The van der Waals surface area contributed by atoms with Gasteiger partial charge in [0.2, 0.25) is 0 Å². The third-order valence-corrected chi connectivity index (χ3v) is 4.80. The highest BCUT2D eigenvalue weighted by molar-refractivity contribution is 7.99. The van der Waals surface area contributed by atoms with Gasteiger partial charge in [-0.1, -0.05) is 11.8 Å². The number of aromatic amines is 1. The minimum absolute atomic E-state index is 0.0986. The third kappa shape index (κ3) is 4.61. The van der Waals surface area contributed by atoms with E-state index in [0.717, 1.165) is 31.6 Å². The zero-order chi connectivity index (χ0) is 16.8. The summed E-state index contributed by atoms with van der Waals surface area (Å²) in [5, 5.41) is 7.25. The van der Waals surface area contributed by atoms with Gasteiger partial charge in [-0.25, -0.2) is 14.3 Å². The van der Waals surface area contributed by atoms with Gasteiger partial charge in [-0.3, -0.25) is 4.57 Å². The first kappa shape index (κ1) is 17.0. The first-order valence-corrected chi connectivity index (χ1v) is 8.99. The van der Waals surface area contributed by atoms with Crippen molar-refractivity contribution in [3.8, 4) is 5.75 Å². The maximum atomic E-state index is 12.8. The highest BCUT2D eigenvalue weighted by atomic mass is 32.2. The second-order valence-corrected chi connectivity index (χ2v) is 6.62. The van der Waals surface area contributed by atoms with E-state index >= 15 is 0 Å². The SMILES string of the molecule is O=c1[nH]nc(SCCCOc2ccc(F)cc2)n1C[C@H]1CCCO1. The fraction of sp³-hybridized carbons (Fsp3) is 0.500. The van der Waals surface area contributed by atoms with E-state index in [0.29, 0.717) is 24.1 Å². The molecular formula is C16H20FN3O3S. The molecule has 130 valence electrons. The minimum atomic E-state index is -0.277. The summed E-state index contributed by atoms with van der Waals surface area (Å²) < 4.78 is 25.6.